The van der Waals surface area contributed by atoms with Gasteiger partial charge in [-0.05, 0) is 55.7 Å². The number of hydrogen-bond acceptors (Lipinski definition) is 3. The van der Waals surface area contributed by atoms with Gasteiger partial charge in [0.1, 0.15) is 5.82 Å². The smallest absolute Gasteiger partial charge is 0.255 e. The van der Waals surface area contributed by atoms with Crippen LogP contribution in [-0.4, -0.2) is 10.9 Å². The summed E-state index contributed by atoms with van der Waals surface area (Å²) < 4.78 is 1.06. The molecule has 0 aliphatic rings. The molecule has 0 saturated carbocycles. The van der Waals surface area contributed by atoms with Crippen LogP contribution in [0.25, 0.3) is 0 Å². The molecule has 0 saturated heterocycles. The van der Waals surface area contributed by atoms with E-state index in [1.54, 1.807) is 12.1 Å². The molecule has 0 radical (unpaired) electrons. The van der Waals surface area contributed by atoms with E-state index < -0.39 is 0 Å². The number of amides is 1. The summed E-state index contributed by atoms with van der Waals surface area (Å²) in [6.45, 7) is 5.96. The summed E-state index contributed by atoms with van der Waals surface area (Å²) in [4.78, 5) is 16.5. The van der Waals surface area contributed by atoms with Crippen LogP contribution in [0.2, 0.25) is 0 Å². The molecule has 0 aliphatic carbocycles. The largest absolute Gasteiger partial charge is 0.384 e. The zero-order chi connectivity index (χ0) is 15.6. The Hall–Kier alpha value is -1.88. The first-order chi connectivity index (χ1) is 9.90. The molecule has 1 amide bonds. The van der Waals surface area contributed by atoms with Gasteiger partial charge in [0, 0.05) is 21.4 Å². The average molecular weight is 348 g/mol. The van der Waals surface area contributed by atoms with E-state index in [2.05, 4.69) is 26.2 Å². The van der Waals surface area contributed by atoms with E-state index in [1.807, 2.05) is 32.9 Å². The molecule has 3 N–H and O–H groups in total. The van der Waals surface area contributed by atoms with Gasteiger partial charge in [-0.25, -0.2) is 4.98 Å². The second kappa shape index (κ2) is 6.26. The molecule has 110 valence electrons. The number of carbonyl (C=O) groups excluding carboxylic acids is 1. The third-order valence-electron chi connectivity index (χ3n) is 3.22. The van der Waals surface area contributed by atoms with Crippen LogP contribution >= 0.6 is 15.9 Å². The minimum Gasteiger partial charge on any atom is -0.384 e. The lowest BCUT2D eigenvalue weighted by molar-refractivity contribution is 0.102. The Kier molecular flexibility index (Phi) is 4.63. The standard InChI is InChI=1S/C16H18BrN3O/c1-4-12-7-11(8-14(18)19-12)16(21)20-13-5-9(2)15(17)10(3)6-13/h5-8H,4H2,1-3H3,(H2,18,19)(H,20,21). The number of pyridine rings is 1. The molecule has 0 unspecified atom stereocenters. The Balaban J connectivity index is 2.28. The van der Waals surface area contributed by atoms with Gasteiger partial charge in [0.25, 0.3) is 5.91 Å². The van der Waals surface area contributed by atoms with Gasteiger partial charge in [-0.2, -0.15) is 0 Å². The highest BCUT2D eigenvalue weighted by Crippen LogP contribution is 2.25. The highest BCUT2D eigenvalue weighted by Gasteiger charge is 2.10. The highest BCUT2D eigenvalue weighted by molar-refractivity contribution is 9.10. The van der Waals surface area contributed by atoms with Crippen molar-refractivity contribution in [2.75, 3.05) is 11.1 Å². The minimum atomic E-state index is -0.181. The van der Waals surface area contributed by atoms with Crippen LogP contribution in [0.4, 0.5) is 11.5 Å². The zero-order valence-corrected chi connectivity index (χ0v) is 13.9. The number of aromatic nitrogens is 1. The number of carbonyl (C=O) groups is 1. The number of anilines is 2. The number of nitrogens with zero attached hydrogens (tertiary/aromatic N) is 1. The fourth-order valence-corrected chi connectivity index (χ4v) is 2.37. The lowest BCUT2D eigenvalue weighted by Gasteiger charge is -2.10. The molecule has 1 aromatic heterocycles. The van der Waals surface area contributed by atoms with Crippen molar-refractivity contribution in [1.82, 2.24) is 4.98 Å². The average Bonchev–Trinajstić information content (AvgIpc) is 2.43. The molecule has 0 fully saturated rings. The SMILES string of the molecule is CCc1cc(C(=O)Nc2cc(C)c(Br)c(C)c2)cc(N)n1. The number of halogens is 1. The Morgan fingerprint density at radius 2 is 1.86 bits per heavy atom. The van der Waals surface area contributed by atoms with E-state index in [0.717, 1.165) is 33.4 Å². The van der Waals surface area contributed by atoms with Crippen LogP contribution in [-0.2, 0) is 6.42 Å². The third kappa shape index (κ3) is 3.61. The van der Waals surface area contributed by atoms with Crippen molar-refractivity contribution in [2.24, 2.45) is 0 Å². The summed E-state index contributed by atoms with van der Waals surface area (Å²) in [6, 6.07) is 7.22. The van der Waals surface area contributed by atoms with Crippen LogP contribution < -0.4 is 11.1 Å². The van der Waals surface area contributed by atoms with Gasteiger partial charge in [0.15, 0.2) is 0 Å². The van der Waals surface area contributed by atoms with Crippen molar-refractivity contribution >= 4 is 33.3 Å². The van der Waals surface area contributed by atoms with Gasteiger partial charge in [-0.3, -0.25) is 4.79 Å². The molecule has 2 aromatic rings. The molecule has 21 heavy (non-hydrogen) atoms. The van der Waals surface area contributed by atoms with Gasteiger partial charge in [-0.1, -0.05) is 22.9 Å². The molecular formula is C16H18BrN3O. The van der Waals surface area contributed by atoms with Gasteiger partial charge >= 0.3 is 0 Å². The lowest BCUT2D eigenvalue weighted by atomic mass is 10.1. The second-order valence-electron chi connectivity index (χ2n) is 5.00. The molecule has 0 aliphatic heterocycles. The van der Waals surface area contributed by atoms with Gasteiger partial charge in [0.2, 0.25) is 0 Å². The van der Waals surface area contributed by atoms with Gasteiger partial charge < -0.3 is 11.1 Å². The lowest BCUT2D eigenvalue weighted by Crippen LogP contribution is -2.13. The fourth-order valence-electron chi connectivity index (χ4n) is 2.14. The van der Waals surface area contributed by atoms with Crippen molar-refractivity contribution < 1.29 is 4.79 Å². The number of rotatable bonds is 3. The zero-order valence-electron chi connectivity index (χ0n) is 12.3. The number of nitrogens with one attached hydrogen (secondary N) is 1. The molecule has 2 rings (SSSR count). The normalized spacial score (nSPS) is 10.5. The summed E-state index contributed by atoms with van der Waals surface area (Å²) in [6.07, 6.45) is 0.738. The van der Waals surface area contributed by atoms with Crippen LogP contribution in [0.3, 0.4) is 0 Å². The Morgan fingerprint density at radius 3 is 2.43 bits per heavy atom. The van der Waals surface area contributed by atoms with E-state index in [0.29, 0.717) is 11.4 Å². The van der Waals surface area contributed by atoms with Crippen molar-refractivity contribution in [3.63, 3.8) is 0 Å². The maximum atomic E-state index is 12.3. The quantitative estimate of drug-likeness (QED) is 0.885. The summed E-state index contributed by atoms with van der Waals surface area (Å²) in [7, 11) is 0. The number of aryl methyl sites for hydroxylation is 3. The third-order valence-corrected chi connectivity index (χ3v) is 4.47. The van der Waals surface area contributed by atoms with Crippen LogP contribution in [0.15, 0.2) is 28.7 Å². The summed E-state index contributed by atoms with van der Waals surface area (Å²) in [5.74, 6) is 0.183. The first kappa shape index (κ1) is 15.5. The van der Waals surface area contributed by atoms with Crippen molar-refractivity contribution in [3.8, 4) is 0 Å². The molecule has 1 heterocycles. The Labute approximate surface area is 132 Å². The topological polar surface area (TPSA) is 68.0 Å². The van der Waals surface area contributed by atoms with E-state index >= 15 is 0 Å². The Morgan fingerprint density at radius 1 is 1.24 bits per heavy atom. The molecule has 4 nitrogen and oxygen atoms in total. The second-order valence-corrected chi connectivity index (χ2v) is 5.80. The van der Waals surface area contributed by atoms with E-state index in [-0.39, 0.29) is 5.91 Å². The van der Waals surface area contributed by atoms with Crippen LogP contribution in [0, 0.1) is 13.8 Å². The first-order valence-corrected chi connectivity index (χ1v) is 7.54. The van der Waals surface area contributed by atoms with Gasteiger partial charge in [-0.15, -0.1) is 0 Å². The summed E-state index contributed by atoms with van der Waals surface area (Å²) in [5, 5.41) is 2.90. The van der Waals surface area contributed by atoms with Crippen LogP contribution in [0.5, 0.6) is 0 Å². The fraction of sp³-hybridized carbons (Fsp3) is 0.250. The maximum Gasteiger partial charge on any atom is 0.255 e. The van der Waals surface area contributed by atoms with Crippen molar-refractivity contribution in [2.45, 2.75) is 27.2 Å². The van der Waals surface area contributed by atoms with Crippen LogP contribution in [0.1, 0.15) is 34.1 Å². The molecular weight excluding hydrogens is 330 g/mol. The van der Waals surface area contributed by atoms with Crippen molar-refractivity contribution in [3.05, 3.63) is 51.1 Å². The molecule has 1 aromatic carbocycles. The van der Waals surface area contributed by atoms with Crippen molar-refractivity contribution in [1.29, 1.82) is 0 Å². The molecule has 0 bridgehead atoms. The first-order valence-electron chi connectivity index (χ1n) is 6.75. The highest BCUT2D eigenvalue weighted by atomic mass is 79.9. The number of benzene rings is 1. The summed E-state index contributed by atoms with van der Waals surface area (Å²) >= 11 is 3.52. The minimum absolute atomic E-state index is 0.181. The molecule has 0 atom stereocenters. The van der Waals surface area contributed by atoms with E-state index in [9.17, 15) is 4.79 Å². The van der Waals surface area contributed by atoms with Gasteiger partial charge in [0.05, 0.1) is 0 Å². The predicted molar refractivity (Wildman–Crippen MR) is 89.6 cm³/mol. The number of nitrogens with two attached hydrogens (primary N) is 1. The molecule has 5 heteroatoms. The monoisotopic (exact) mass is 347 g/mol. The predicted octanol–water partition coefficient (Wildman–Crippen LogP) is 3.86. The molecule has 0 spiro atoms. The number of hydrogen-bond donors (Lipinski definition) is 2. The summed E-state index contributed by atoms with van der Waals surface area (Å²) in [5.41, 5.74) is 10.00. The number of nitrogen functional groups attached to an aromatic ring is 1. The maximum absolute atomic E-state index is 12.3. The van der Waals surface area contributed by atoms with E-state index in [1.165, 1.54) is 0 Å². The van der Waals surface area contributed by atoms with E-state index in [4.69, 9.17) is 5.73 Å². The Bertz CT molecular complexity index is 675.